The fourth-order valence-corrected chi connectivity index (χ4v) is 10.2. The largest absolute Gasteiger partial charge is 2.00 e. The Labute approximate surface area is 752 Å². The summed E-state index contributed by atoms with van der Waals surface area (Å²) in [5.74, 6) is 3.42. The standard InChI is InChI=1S/C13H13F3N3.C13H11N4.C10H13N4.3C9H5F3N3.2C8H9N4.4Pt/c1-12(2,3)8-4-5-17-9(6-8)10-7-11(19-18-10)13(14,15)16;1-10-9-12(16-15-10)13-14-7-8-17(13)11-5-3-2-4-6-11;1-7(2)14-5-4-11-10(14)9-6-8(3)12-13-9;3*10-9(11,12)8-5-7(14-15-8)6-3-1-2-4-13-6;2*1-6-5-7(11-10-6)8-9-3-4-12(8)2;;;;/h4-7H,1-3H3;2-9H,1H3;4-7H,1-3H3;3*1-5H;2*3-5H,1-2H3;;;;/q8*-1;4*+2. The van der Waals surface area contributed by atoms with Gasteiger partial charge in [0.05, 0.1) is 0 Å². The first-order chi connectivity index (χ1) is 56.5. The molecule has 0 aliphatic carbocycles. The minimum absolute atomic E-state index is 0. The predicted molar refractivity (Wildman–Crippen MR) is 410 cm³/mol. The maximum Gasteiger partial charge on any atom is 2.00 e. The van der Waals surface area contributed by atoms with Crippen LogP contribution in [0.15, 0.2) is 220 Å². The summed E-state index contributed by atoms with van der Waals surface area (Å²) in [6.45, 7) is 18.0. The predicted octanol–water partition coefficient (Wildman–Crippen LogP) is 15.3. The third-order valence-corrected chi connectivity index (χ3v) is 16.1. The van der Waals surface area contributed by atoms with Crippen molar-refractivity contribution in [1.29, 1.82) is 0 Å². The number of halogens is 12. The van der Waals surface area contributed by atoms with Crippen LogP contribution < -0.4 is 40.8 Å². The molecule has 0 spiro atoms. The topological polar surface area (TPSA) is 339 Å². The summed E-state index contributed by atoms with van der Waals surface area (Å²) in [5.41, 5.74) is 7.00. The first-order valence-corrected chi connectivity index (χ1v) is 35.4. The van der Waals surface area contributed by atoms with Crippen LogP contribution in [0.25, 0.3) is 97.3 Å². The average molecular weight is 2420 g/mol. The van der Waals surface area contributed by atoms with E-state index >= 15 is 0 Å². The Morgan fingerprint density at radius 1 is 0.293 bits per heavy atom. The van der Waals surface area contributed by atoms with Gasteiger partial charge >= 0.3 is 109 Å². The van der Waals surface area contributed by atoms with E-state index in [0.717, 1.165) is 104 Å². The fraction of sp³-hybridized carbons (Fsp3) is 0.215. The van der Waals surface area contributed by atoms with Crippen LogP contribution in [-0.2, 0) is 128 Å². The first-order valence-electron chi connectivity index (χ1n) is 35.4. The van der Waals surface area contributed by atoms with Crippen LogP contribution in [0.1, 0.15) is 91.8 Å². The molecule has 16 aromatic heterocycles. The second kappa shape index (κ2) is 44.9. The van der Waals surface area contributed by atoms with Gasteiger partial charge in [-0.05, 0) is 137 Å². The second-order valence-electron chi connectivity index (χ2n) is 26.7. The van der Waals surface area contributed by atoms with Gasteiger partial charge in [0.1, 0.15) is 46.1 Å². The van der Waals surface area contributed by atoms with E-state index in [0.29, 0.717) is 28.8 Å². The molecule has 0 aliphatic heterocycles. The summed E-state index contributed by atoms with van der Waals surface area (Å²) < 4.78 is 155. The van der Waals surface area contributed by atoms with E-state index in [1.165, 1.54) is 18.6 Å². The number of hydrogen-bond donors (Lipinski definition) is 0. The number of pyridine rings is 4. The van der Waals surface area contributed by atoms with Gasteiger partial charge in [0.2, 0.25) is 0 Å². The Morgan fingerprint density at radius 2 is 0.593 bits per heavy atom. The monoisotopic (exact) mass is 2420 g/mol. The molecule has 17 rings (SSSR count). The summed E-state index contributed by atoms with van der Waals surface area (Å²) in [4.78, 5) is 32.6. The Morgan fingerprint density at radius 3 is 0.894 bits per heavy atom. The summed E-state index contributed by atoms with van der Waals surface area (Å²) in [6, 6.07) is 40.0. The van der Waals surface area contributed by atoms with Gasteiger partial charge in [0.25, 0.3) is 0 Å². The molecule has 0 N–H and O–H groups in total. The molecule has 44 heteroatoms. The molecule has 1 aromatic carbocycles. The molecular formula is C79H70F12N28Pt4. The number of rotatable bonds is 10. The molecule has 0 atom stereocenters. The van der Waals surface area contributed by atoms with Gasteiger partial charge in [-0.15, -0.1) is 0 Å². The van der Waals surface area contributed by atoms with Crippen LogP contribution >= 0.6 is 0 Å². The number of benzene rings is 1. The molecule has 650 valence electrons. The van der Waals surface area contributed by atoms with Crippen molar-refractivity contribution in [2.45, 2.75) is 98.5 Å². The van der Waals surface area contributed by atoms with Crippen molar-refractivity contribution in [3.05, 3.63) is 271 Å². The molecule has 123 heavy (non-hydrogen) atoms. The number of aromatic nitrogens is 28. The normalized spacial score (nSPS) is 11.0. The SMILES string of the molecule is CC(C)(C)c1ccnc(-c2cc(C(F)(F)F)n[n-]2)c1.Cc1cc(-c2nccn2-c2ccccc2)[n-]n1.Cc1cc(-c2nccn2C(C)C)[n-]n1.Cc1cc(-c2nccn2C)[n-]n1.Cc1cc(-c2nccn2C)[n-]n1.FC(F)(F)c1cc(-c2ccccn2)[n-]n1.FC(F)(F)c1cc(-c2ccccn2)[n-]n1.FC(F)(F)c1cc(-c2ccccn2)[n-]n1.[Pt+2].[Pt+2].[Pt+2].[Pt+2]. The zero-order valence-electron chi connectivity index (χ0n) is 66.2. The molecule has 0 amide bonds. The molecule has 0 unspecified atom stereocenters. The molecule has 17 aromatic rings. The van der Waals surface area contributed by atoms with Gasteiger partial charge in [-0.25, -0.2) is 19.9 Å². The quantitative estimate of drug-likeness (QED) is 0.115. The Kier molecular flexibility index (Phi) is 36.5. The molecule has 16 heterocycles. The number of imidazole rings is 4. The number of para-hydroxylation sites is 1. The Balaban J connectivity index is 0.000000217. The van der Waals surface area contributed by atoms with E-state index in [9.17, 15) is 52.7 Å². The number of hydrogen-bond acceptors (Lipinski definition) is 16. The van der Waals surface area contributed by atoms with Crippen LogP contribution in [-0.4, -0.2) is 98.9 Å². The Bertz CT molecular complexity index is 5640. The van der Waals surface area contributed by atoms with Crippen molar-refractivity contribution in [3.63, 3.8) is 0 Å². The van der Waals surface area contributed by atoms with Crippen LogP contribution in [0.4, 0.5) is 52.7 Å². The molecular weight excluding hydrogens is 2350 g/mol. The number of aryl methyl sites for hydroxylation is 6. The van der Waals surface area contributed by atoms with E-state index < -0.39 is 47.5 Å². The molecule has 0 bridgehead atoms. The van der Waals surface area contributed by atoms with E-state index in [1.807, 2.05) is 162 Å². The van der Waals surface area contributed by atoms with Crippen molar-refractivity contribution in [2.75, 3.05) is 0 Å². The van der Waals surface area contributed by atoms with E-state index in [1.54, 1.807) is 91.6 Å². The number of nitrogens with zero attached hydrogens (tertiary/aromatic N) is 28. The molecule has 0 saturated heterocycles. The van der Waals surface area contributed by atoms with Crippen molar-refractivity contribution < 1.29 is 137 Å². The van der Waals surface area contributed by atoms with Gasteiger partial charge in [0, 0.05) is 146 Å². The minimum atomic E-state index is -4.48. The average Bonchev–Trinajstić information content (AvgIpc) is 1.73. The van der Waals surface area contributed by atoms with Gasteiger partial charge in [-0.2, -0.15) is 52.7 Å². The third kappa shape index (κ3) is 28.7. The van der Waals surface area contributed by atoms with Crippen LogP contribution in [0.5, 0.6) is 0 Å². The smallest absolute Gasteiger partial charge is 0.573 e. The zero-order valence-corrected chi connectivity index (χ0v) is 75.3. The first kappa shape index (κ1) is 100. The van der Waals surface area contributed by atoms with E-state index in [2.05, 4.69) is 140 Å². The second-order valence-corrected chi connectivity index (χ2v) is 26.7. The van der Waals surface area contributed by atoms with Crippen molar-refractivity contribution >= 4 is 0 Å². The van der Waals surface area contributed by atoms with Gasteiger partial charge in [-0.3, -0.25) is 19.9 Å². The molecule has 0 saturated carbocycles. The third-order valence-electron chi connectivity index (χ3n) is 16.1. The van der Waals surface area contributed by atoms with Crippen LogP contribution in [0, 0.1) is 27.7 Å². The van der Waals surface area contributed by atoms with E-state index in [-0.39, 0.29) is 112 Å². The zero-order chi connectivity index (χ0) is 85.8. The van der Waals surface area contributed by atoms with Gasteiger partial charge in [0.15, 0.2) is 0 Å². The Hall–Kier alpha value is -11.7. The summed E-state index contributed by atoms with van der Waals surface area (Å²) >= 11 is 0. The molecule has 0 aliphatic rings. The summed E-state index contributed by atoms with van der Waals surface area (Å²) in [6.07, 6.45) is 2.89. The van der Waals surface area contributed by atoms with Crippen LogP contribution in [0.3, 0.4) is 0 Å². The van der Waals surface area contributed by atoms with Gasteiger partial charge < -0.3 is 99.8 Å². The van der Waals surface area contributed by atoms with Gasteiger partial charge in [-0.1, -0.05) is 127 Å². The number of alkyl halides is 12. The summed E-state index contributed by atoms with van der Waals surface area (Å²) in [7, 11) is 3.87. The van der Waals surface area contributed by atoms with Crippen molar-refractivity contribution in [3.8, 4) is 97.3 Å². The van der Waals surface area contributed by atoms with Crippen molar-refractivity contribution in [2.24, 2.45) is 14.1 Å². The summed E-state index contributed by atoms with van der Waals surface area (Å²) in [5, 5.41) is 58.0. The maximum absolute atomic E-state index is 12.5. The van der Waals surface area contributed by atoms with E-state index in [4.69, 9.17) is 0 Å². The minimum Gasteiger partial charge on any atom is -0.573 e. The molecule has 0 fully saturated rings. The van der Waals surface area contributed by atoms with Crippen LogP contribution in [0.2, 0.25) is 0 Å². The maximum atomic E-state index is 12.5. The fourth-order valence-electron chi connectivity index (χ4n) is 10.2. The molecule has 28 nitrogen and oxygen atoms in total. The molecule has 0 radical (unpaired) electrons. The van der Waals surface area contributed by atoms with Crippen molar-refractivity contribution in [1.82, 2.24) is 140 Å².